The maximum absolute atomic E-state index is 12.3. The van der Waals surface area contributed by atoms with Crippen molar-refractivity contribution in [2.75, 3.05) is 18.1 Å². The Morgan fingerprint density at radius 1 is 1.32 bits per heavy atom. The lowest BCUT2D eigenvalue weighted by molar-refractivity contribution is -0.0495. The van der Waals surface area contributed by atoms with Gasteiger partial charge >= 0.3 is 6.61 Å². The Hall–Kier alpha value is -1.37. The molecule has 0 bridgehead atoms. The fourth-order valence-electron chi connectivity index (χ4n) is 1.39. The van der Waals surface area contributed by atoms with Gasteiger partial charge in [0.25, 0.3) is 0 Å². The second-order valence-corrected chi connectivity index (χ2v) is 6.60. The fourth-order valence-corrected chi connectivity index (χ4v) is 2.02. The molecule has 1 rings (SSSR count). The molecule has 4 nitrogen and oxygen atoms in total. The third-order valence-corrected chi connectivity index (χ3v) is 3.41. The number of hydrogen-bond donors (Lipinski definition) is 1. The van der Waals surface area contributed by atoms with Gasteiger partial charge in [0, 0.05) is 18.9 Å². The van der Waals surface area contributed by atoms with Crippen LogP contribution in [-0.4, -0.2) is 27.8 Å². The third kappa shape index (κ3) is 5.02. The van der Waals surface area contributed by atoms with E-state index in [2.05, 4.69) is 10.1 Å². The van der Waals surface area contributed by atoms with Crippen molar-refractivity contribution in [3.63, 3.8) is 0 Å². The van der Waals surface area contributed by atoms with Crippen LogP contribution in [0.15, 0.2) is 23.1 Å². The molecule has 0 saturated carbocycles. The van der Waals surface area contributed by atoms with Crippen LogP contribution in [0.25, 0.3) is 0 Å². The monoisotopic (exact) mass is 293 g/mol. The Balaban J connectivity index is 3.09. The van der Waals surface area contributed by atoms with Crippen molar-refractivity contribution in [1.82, 2.24) is 0 Å². The molecule has 1 aromatic rings. The SMILES string of the molecule is CC(C)CNc1ccc(S(C)(=O)=O)cc1OC(F)F. The van der Waals surface area contributed by atoms with E-state index < -0.39 is 16.4 Å². The van der Waals surface area contributed by atoms with Crippen LogP contribution in [-0.2, 0) is 9.84 Å². The summed E-state index contributed by atoms with van der Waals surface area (Å²) >= 11 is 0. The number of alkyl halides is 2. The lowest BCUT2D eigenvalue weighted by atomic mass is 10.2. The first-order valence-corrected chi connectivity index (χ1v) is 7.62. The number of ether oxygens (including phenoxy) is 1. The van der Waals surface area contributed by atoms with Gasteiger partial charge in [-0.15, -0.1) is 0 Å². The Bertz CT molecular complexity index is 530. The zero-order valence-corrected chi connectivity index (χ0v) is 11.8. The van der Waals surface area contributed by atoms with E-state index in [1.807, 2.05) is 13.8 Å². The van der Waals surface area contributed by atoms with E-state index in [4.69, 9.17) is 0 Å². The molecular formula is C12H17F2NO3S. The zero-order valence-electron chi connectivity index (χ0n) is 11.0. The highest BCUT2D eigenvalue weighted by atomic mass is 32.2. The molecule has 19 heavy (non-hydrogen) atoms. The van der Waals surface area contributed by atoms with Crippen LogP contribution in [0, 0.1) is 5.92 Å². The second kappa shape index (κ2) is 6.18. The molecule has 0 aliphatic rings. The smallest absolute Gasteiger partial charge is 0.387 e. The van der Waals surface area contributed by atoms with Crippen molar-refractivity contribution in [2.45, 2.75) is 25.4 Å². The van der Waals surface area contributed by atoms with Crippen molar-refractivity contribution >= 4 is 15.5 Å². The normalized spacial score (nSPS) is 11.9. The molecule has 1 N–H and O–H groups in total. The van der Waals surface area contributed by atoms with Crippen molar-refractivity contribution in [3.05, 3.63) is 18.2 Å². The van der Waals surface area contributed by atoms with Crippen molar-refractivity contribution in [1.29, 1.82) is 0 Å². The highest BCUT2D eigenvalue weighted by Crippen LogP contribution is 2.29. The largest absolute Gasteiger partial charge is 0.433 e. The van der Waals surface area contributed by atoms with Crippen LogP contribution in [0.3, 0.4) is 0 Å². The van der Waals surface area contributed by atoms with Crippen LogP contribution >= 0.6 is 0 Å². The lowest BCUT2D eigenvalue weighted by Crippen LogP contribution is -2.11. The number of nitrogens with one attached hydrogen (secondary N) is 1. The molecule has 0 aliphatic heterocycles. The molecular weight excluding hydrogens is 276 g/mol. The van der Waals surface area contributed by atoms with Crippen LogP contribution in [0.4, 0.5) is 14.5 Å². The van der Waals surface area contributed by atoms with E-state index in [0.29, 0.717) is 18.2 Å². The number of hydrogen-bond acceptors (Lipinski definition) is 4. The van der Waals surface area contributed by atoms with Crippen molar-refractivity contribution in [3.8, 4) is 5.75 Å². The second-order valence-electron chi connectivity index (χ2n) is 4.58. The topological polar surface area (TPSA) is 55.4 Å². The van der Waals surface area contributed by atoms with E-state index in [1.165, 1.54) is 12.1 Å². The zero-order chi connectivity index (χ0) is 14.6. The molecule has 0 radical (unpaired) electrons. The summed E-state index contributed by atoms with van der Waals surface area (Å²) in [4.78, 5) is -0.0572. The molecule has 108 valence electrons. The van der Waals surface area contributed by atoms with E-state index in [-0.39, 0.29) is 10.6 Å². The Labute approximate surface area is 111 Å². The molecule has 0 spiro atoms. The summed E-state index contributed by atoms with van der Waals surface area (Å²) in [7, 11) is -3.46. The maximum atomic E-state index is 12.3. The first kappa shape index (κ1) is 15.7. The minimum atomic E-state index is -3.46. The minimum absolute atomic E-state index is 0.0572. The van der Waals surface area contributed by atoms with Gasteiger partial charge in [-0.25, -0.2) is 8.42 Å². The van der Waals surface area contributed by atoms with Gasteiger partial charge in [-0.05, 0) is 18.1 Å². The van der Waals surface area contributed by atoms with Crippen LogP contribution in [0.5, 0.6) is 5.75 Å². The van der Waals surface area contributed by atoms with Gasteiger partial charge in [0.15, 0.2) is 9.84 Å². The summed E-state index contributed by atoms with van der Waals surface area (Å²) in [5.74, 6) is 0.146. The molecule has 0 atom stereocenters. The van der Waals surface area contributed by atoms with E-state index in [9.17, 15) is 17.2 Å². The molecule has 7 heteroatoms. The standard InChI is InChI=1S/C12H17F2NO3S/c1-8(2)7-15-10-5-4-9(19(3,16)17)6-11(10)18-12(13)14/h4-6,8,12,15H,7H2,1-3H3. The van der Waals surface area contributed by atoms with Gasteiger partial charge in [0.2, 0.25) is 0 Å². The molecule has 0 fully saturated rings. The third-order valence-electron chi connectivity index (χ3n) is 2.30. The van der Waals surface area contributed by atoms with Crippen molar-refractivity contribution in [2.24, 2.45) is 5.92 Å². The average molecular weight is 293 g/mol. The number of halogens is 2. The highest BCUT2D eigenvalue weighted by molar-refractivity contribution is 7.90. The molecule has 0 amide bonds. The van der Waals surface area contributed by atoms with Gasteiger partial charge in [0.1, 0.15) is 5.75 Å². The lowest BCUT2D eigenvalue weighted by Gasteiger charge is -2.15. The first-order valence-electron chi connectivity index (χ1n) is 5.73. The van der Waals surface area contributed by atoms with Crippen LogP contribution in [0.2, 0.25) is 0 Å². The van der Waals surface area contributed by atoms with Gasteiger partial charge in [-0.1, -0.05) is 13.8 Å². The average Bonchev–Trinajstić information content (AvgIpc) is 2.25. The molecule has 0 heterocycles. The Kier molecular flexibility index (Phi) is 5.11. The van der Waals surface area contributed by atoms with E-state index in [1.54, 1.807) is 0 Å². The molecule has 0 unspecified atom stereocenters. The number of anilines is 1. The van der Waals surface area contributed by atoms with Crippen molar-refractivity contribution < 1.29 is 21.9 Å². The highest BCUT2D eigenvalue weighted by Gasteiger charge is 2.15. The van der Waals surface area contributed by atoms with Gasteiger partial charge < -0.3 is 10.1 Å². The summed E-state index contributed by atoms with van der Waals surface area (Å²) in [5, 5.41) is 2.94. The first-order chi connectivity index (χ1) is 8.70. The molecule has 0 aromatic heterocycles. The van der Waals surface area contributed by atoms with E-state index in [0.717, 1.165) is 12.3 Å². The van der Waals surface area contributed by atoms with Crippen LogP contribution < -0.4 is 10.1 Å². The molecule has 1 aromatic carbocycles. The van der Waals surface area contributed by atoms with Gasteiger partial charge in [-0.2, -0.15) is 8.78 Å². The Morgan fingerprint density at radius 2 is 1.95 bits per heavy atom. The fraction of sp³-hybridized carbons (Fsp3) is 0.500. The summed E-state index contributed by atoms with van der Waals surface area (Å²) in [5.41, 5.74) is 0.349. The summed E-state index contributed by atoms with van der Waals surface area (Å²) < 4.78 is 51.8. The maximum Gasteiger partial charge on any atom is 0.387 e. The van der Waals surface area contributed by atoms with Gasteiger partial charge in [-0.3, -0.25) is 0 Å². The molecule has 0 aliphatic carbocycles. The predicted molar refractivity (Wildman–Crippen MR) is 69.5 cm³/mol. The minimum Gasteiger partial charge on any atom is -0.433 e. The summed E-state index contributed by atoms with van der Waals surface area (Å²) in [6, 6.07) is 3.89. The number of sulfone groups is 1. The summed E-state index contributed by atoms with van der Waals surface area (Å²) in [6.07, 6.45) is 1.01. The van der Waals surface area contributed by atoms with Gasteiger partial charge in [0.05, 0.1) is 10.6 Å². The Morgan fingerprint density at radius 3 is 2.42 bits per heavy atom. The van der Waals surface area contributed by atoms with E-state index >= 15 is 0 Å². The predicted octanol–water partition coefficient (Wildman–Crippen LogP) is 2.76. The summed E-state index contributed by atoms with van der Waals surface area (Å²) in [6.45, 7) is 1.49. The number of benzene rings is 1. The quantitative estimate of drug-likeness (QED) is 0.876. The number of rotatable bonds is 6. The molecule has 0 saturated heterocycles. The van der Waals surface area contributed by atoms with Crippen LogP contribution in [0.1, 0.15) is 13.8 Å².